The Labute approximate surface area is 178 Å². The molecule has 0 radical (unpaired) electrons. The number of halogens is 1. The Morgan fingerprint density at radius 1 is 1.14 bits per heavy atom. The van der Waals surface area contributed by atoms with Gasteiger partial charge in [0.1, 0.15) is 6.61 Å². The van der Waals surface area contributed by atoms with Crippen molar-refractivity contribution in [1.29, 1.82) is 0 Å². The predicted molar refractivity (Wildman–Crippen MR) is 116 cm³/mol. The van der Waals surface area contributed by atoms with Crippen molar-refractivity contribution in [2.24, 2.45) is 0 Å². The largest absolute Gasteiger partial charge is 0.490 e. The maximum absolute atomic E-state index is 6.01. The summed E-state index contributed by atoms with van der Waals surface area (Å²) in [5.41, 5.74) is 5.44. The van der Waals surface area contributed by atoms with Gasteiger partial charge in [-0.1, -0.05) is 53.2 Å². The molecule has 0 aliphatic carbocycles. The van der Waals surface area contributed by atoms with Crippen LogP contribution in [0.4, 0.5) is 0 Å². The first-order valence-corrected chi connectivity index (χ1v) is 10.3. The molecule has 0 aliphatic heterocycles. The number of nitrogens with zero attached hydrogens (tertiary/aromatic N) is 2. The molecule has 6 nitrogen and oxygen atoms in total. The maximum Gasteiger partial charge on any atom is 0.214 e. The third-order valence-electron chi connectivity index (χ3n) is 4.14. The molecule has 2 N–H and O–H groups in total. The minimum atomic E-state index is 0.481. The Hall–Kier alpha value is -2.32. The molecule has 0 saturated carbocycles. The summed E-state index contributed by atoms with van der Waals surface area (Å²) in [6.45, 7) is 5.59. The van der Waals surface area contributed by atoms with Crippen molar-refractivity contribution in [1.82, 2.24) is 14.9 Å². The van der Waals surface area contributed by atoms with Crippen molar-refractivity contribution in [3.8, 4) is 11.5 Å². The van der Waals surface area contributed by atoms with E-state index < -0.39 is 0 Å². The summed E-state index contributed by atoms with van der Waals surface area (Å²) < 4.78 is 15.1. The molecular weight excluding hydrogens is 440 g/mol. The number of aromatic amines is 1. The lowest BCUT2D eigenvalue weighted by molar-refractivity contribution is 0.269. The number of aryl methyl sites for hydroxylation is 1. The van der Waals surface area contributed by atoms with Gasteiger partial charge in [-0.15, -0.1) is 0 Å². The molecule has 3 aromatic rings. The van der Waals surface area contributed by atoms with E-state index in [0.717, 1.165) is 27.8 Å². The summed E-state index contributed by atoms with van der Waals surface area (Å²) in [4.78, 5) is 0. The summed E-state index contributed by atoms with van der Waals surface area (Å²) in [6.07, 6.45) is 0.776. The molecule has 28 heavy (non-hydrogen) atoms. The first kappa shape index (κ1) is 20.4. The van der Waals surface area contributed by atoms with Gasteiger partial charge in [-0.2, -0.15) is 5.10 Å². The first-order valence-electron chi connectivity index (χ1n) is 9.14. The minimum Gasteiger partial charge on any atom is -0.490 e. The number of hydrogen-bond donors (Lipinski definition) is 2. The molecule has 0 fully saturated rings. The van der Waals surface area contributed by atoms with Gasteiger partial charge in [0.05, 0.1) is 13.2 Å². The van der Waals surface area contributed by atoms with Crippen LogP contribution in [-0.2, 0) is 19.6 Å². The zero-order valence-corrected chi connectivity index (χ0v) is 18.3. The van der Waals surface area contributed by atoms with Gasteiger partial charge in [-0.05, 0) is 42.4 Å². The smallest absolute Gasteiger partial charge is 0.214 e. The molecule has 0 atom stereocenters. The van der Waals surface area contributed by atoms with E-state index >= 15 is 0 Å². The van der Waals surface area contributed by atoms with Gasteiger partial charge in [0, 0.05) is 10.9 Å². The van der Waals surface area contributed by atoms with Crippen LogP contribution in [0.5, 0.6) is 11.5 Å². The molecule has 1 heterocycles. The number of hydrogen-bond acceptors (Lipinski definition) is 5. The molecule has 0 amide bonds. The number of ether oxygens (including phenoxy) is 2. The normalized spacial score (nSPS) is 10.7. The van der Waals surface area contributed by atoms with Crippen LogP contribution in [0.2, 0.25) is 0 Å². The standard InChI is InChI=1S/C20H23BrN4O2S/c1-3-19-23-24-20(28)25(19)22-12-15-10-17(26-4-2)18(11-16(15)21)27-13-14-8-6-5-7-9-14/h5-11,22H,3-4,12-13H2,1-2H3,(H,24,28). The molecule has 0 unspecified atom stereocenters. The van der Waals surface area contributed by atoms with Crippen molar-refractivity contribution in [3.63, 3.8) is 0 Å². The molecule has 0 saturated heterocycles. The second kappa shape index (κ2) is 9.75. The van der Waals surface area contributed by atoms with Crippen LogP contribution in [0.3, 0.4) is 0 Å². The van der Waals surface area contributed by atoms with E-state index in [1.807, 2.05) is 56.3 Å². The summed E-state index contributed by atoms with van der Waals surface area (Å²) in [5.74, 6) is 2.27. The van der Waals surface area contributed by atoms with Gasteiger partial charge < -0.3 is 14.9 Å². The topological polar surface area (TPSA) is 64.1 Å². The van der Waals surface area contributed by atoms with E-state index in [4.69, 9.17) is 21.7 Å². The molecule has 3 rings (SSSR count). The minimum absolute atomic E-state index is 0.481. The van der Waals surface area contributed by atoms with E-state index in [9.17, 15) is 0 Å². The highest BCUT2D eigenvalue weighted by Gasteiger charge is 2.12. The van der Waals surface area contributed by atoms with Crippen molar-refractivity contribution >= 4 is 28.1 Å². The average molecular weight is 463 g/mol. The molecule has 0 aliphatic rings. The van der Waals surface area contributed by atoms with Crippen LogP contribution < -0.4 is 14.9 Å². The van der Waals surface area contributed by atoms with Crippen LogP contribution in [0.25, 0.3) is 0 Å². The highest BCUT2D eigenvalue weighted by atomic mass is 79.9. The van der Waals surface area contributed by atoms with Gasteiger partial charge in [0.25, 0.3) is 0 Å². The zero-order chi connectivity index (χ0) is 19.9. The quantitative estimate of drug-likeness (QED) is 0.438. The lowest BCUT2D eigenvalue weighted by Crippen LogP contribution is -2.17. The number of aromatic nitrogens is 3. The van der Waals surface area contributed by atoms with Crippen molar-refractivity contribution < 1.29 is 9.47 Å². The fraction of sp³-hybridized carbons (Fsp3) is 0.300. The van der Waals surface area contributed by atoms with Gasteiger partial charge in [0.15, 0.2) is 17.3 Å². The highest BCUT2D eigenvalue weighted by Crippen LogP contribution is 2.34. The van der Waals surface area contributed by atoms with Crippen LogP contribution in [-0.4, -0.2) is 21.5 Å². The van der Waals surface area contributed by atoms with Crippen molar-refractivity contribution in [3.05, 3.63) is 68.7 Å². The van der Waals surface area contributed by atoms with Crippen LogP contribution >= 0.6 is 28.1 Å². The van der Waals surface area contributed by atoms with Gasteiger partial charge in [0.2, 0.25) is 4.77 Å². The van der Waals surface area contributed by atoms with Crippen LogP contribution in [0.15, 0.2) is 46.9 Å². The Balaban J connectivity index is 1.78. The zero-order valence-electron chi connectivity index (χ0n) is 15.9. The van der Waals surface area contributed by atoms with Gasteiger partial charge >= 0.3 is 0 Å². The first-order chi connectivity index (χ1) is 13.6. The van der Waals surface area contributed by atoms with Crippen LogP contribution in [0.1, 0.15) is 30.8 Å². The maximum atomic E-state index is 6.01. The molecule has 8 heteroatoms. The molecule has 2 aromatic carbocycles. The van der Waals surface area contributed by atoms with E-state index in [1.54, 1.807) is 4.68 Å². The Morgan fingerprint density at radius 2 is 1.89 bits per heavy atom. The third-order valence-corrected chi connectivity index (χ3v) is 5.15. The molecule has 1 aromatic heterocycles. The summed E-state index contributed by atoms with van der Waals surface area (Å²) >= 11 is 8.93. The fourth-order valence-corrected chi connectivity index (χ4v) is 3.40. The van der Waals surface area contributed by atoms with Gasteiger partial charge in [-0.3, -0.25) is 5.10 Å². The lowest BCUT2D eigenvalue weighted by atomic mass is 10.2. The molecule has 0 spiro atoms. The van der Waals surface area contributed by atoms with E-state index in [0.29, 0.717) is 36.0 Å². The summed E-state index contributed by atoms with van der Waals surface area (Å²) in [7, 11) is 0. The van der Waals surface area contributed by atoms with Crippen molar-refractivity contribution in [2.45, 2.75) is 33.4 Å². The number of benzene rings is 2. The van der Waals surface area contributed by atoms with Crippen LogP contribution in [0, 0.1) is 4.77 Å². The number of H-pyrrole nitrogens is 1. The molecule has 0 bridgehead atoms. The predicted octanol–water partition coefficient (Wildman–Crippen LogP) is 4.99. The average Bonchev–Trinajstić information content (AvgIpc) is 3.07. The second-order valence-electron chi connectivity index (χ2n) is 6.07. The SMILES string of the molecule is CCOc1cc(CNn2c(CC)n[nH]c2=S)c(Br)cc1OCc1ccccc1. The van der Waals surface area contributed by atoms with Crippen molar-refractivity contribution in [2.75, 3.05) is 12.0 Å². The monoisotopic (exact) mass is 462 g/mol. The third kappa shape index (κ3) is 4.94. The van der Waals surface area contributed by atoms with E-state index in [2.05, 4.69) is 31.6 Å². The Kier molecular flexibility index (Phi) is 7.11. The molecule has 148 valence electrons. The highest BCUT2D eigenvalue weighted by molar-refractivity contribution is 9.10. The number of nitrogens with one attached hydrogen (secondary N) is 2. The lowest BCUT2D eigenvalue weighted by Gasteiger charge is -2.16. The summed E-state index contributed by atoms with van der Waals surface area (Å²) in [6, 6.07) is 14.0. The van der Waals surface area contributed by atoms with E-state index in [1.165, 1.54) is 0 Å². The Morgan fingerprint density at radius 3 is 2.61 bits per heavy atom. The van der Waals surface area contributed by atoms with Gasteiger partial charge in [-0.25, -0.2) is 4.68 Å². The molecular formula is C20H23BrN4O2S. The summed E-state index contributed by atoms with van der Waals surface area (Å²) in [5, 5.41) is 7.02. The Bertz CT molecular complexity index is 972. The van der Waals surface area contributed by atoms with E-state index in [-0.39, 0.29) is 0 Å². The number of rotatable bonds is 9. The fourth-order valence-electron chi connectivity index (χ4n) is 2.72. The second-order valence-corrected chi connectivity index (χ2v) is 7.31.